The zero-order valence-corrected chi connectivity index (χ0v) is 15.7. The second kappa shape index (κ2) is 6.63. The Balaban J connectivity index is 1.75. The first-order valence-electron chi connectivity index (χ1n) is 9.53. The summed E-state index contributed by atoms with van der Waals surface area (Å²) in [7, 11) is 0. The molecule has 3 aromatic rings. The van der Waals surface area contributed by atoms with E-state index in [0.717, 1.165) is 11.3 Å². The van der Waals surface area contributed by atoms with Crippen LogP contribution < -0.4 is 9.80 Å². The molecule has 1 atom stereocenters. The van der Waals surface area contributed by atoms with Crippen LogP contribution in [0.4, 0.5) is 21.0 Å². The van der Waals surface area contributed by atoms with Crippen LogP contribution in [0.1, 0.15) is 5.56 Å². The molecule has 0 aromatic heterocycles. The summed E-state index contributed by atoms with van der Waals surface area (Å²) in [6.45, 7) is 0.424. The molecule has 1 fully saturated rings. The quantitative estimate of drug-likeness (QED) is 0.601. The second-order valence-corrected chi connectivity index (χ2v) is 7.01. The van der Waals surface area contributed by atoms with Gasteiger partial charge >= 0.3 is 12.1 Å². The molecular formula is C24H19N3O2. The molecule has 1 unspecified atom stereocenters. The van der Waals surface area contributed by atoms with Gasteiger partial charge in [0.15, 0.2) is 5.66 Å². The fourth-order valence-electron chi connectivity index (χ4n) is 4.17. The van der Waals surface area contributed by atoms with E-state index < -0.39 is 5.66 Å². The predicted molar refractivity (Wildman–Crippen MR) is 113 cm³/mol. The first kappa shape index (κ1) is 17.3. The molecule has 5 heteroatoms. The monoisotopic (exact) mass is 381 g/mol. The Morgan fingerprint density at radius 2 is 1.21 bits per heavy atom. The number of carbonyl (C=O) groups is 2. The third kappa shape index (κ3) is 2.48. The van der Waals surface area contributed by atoms with Gasteiger partial charge in [-0.05, 0) is 30.3 Å². The van der Waals surface area contributed by atoms with Crippen molar-refractivity contribution in [2.75, 3.05) is 16.3 Å². The largest absolute Gasteiger partial charge is 0.339 e. The molecule has 2 aliphatic heterocycles. The molecule has 5 rings (SSSR count). The lowest BCUT2D eigenvalue weighted by molar-refractivity contribution is 0.150. The van der Waals surface area contributed by atoms with E-state index in [1.54, 1.807) is 21.9 Å². The summed E-state index contributed by atoms with van der Waals surface area (Å²) in [6, 6.07) is 27.5. The van der Waals surface area contributed by atoms with Crippen molar-refractivity contribution >= 4 is 23.4 Å². The molecule has 1 saturated heterocycles. The summed E-state index contributed by atoms with van der Waals surface area (Å²) in [5, 5.41) is 0. The third-order valence-electron chi connectivity index (χ3n) is 5.42. The van der Waals surface area contributed by atoms with Crippen LogP contribution in [0.15, 0.2) is 103 Å². The molecule has 0 radical (unpaired) electrons. The first-order chi connectivity index (χ1) is 14.2. The topological polar surface area (TPSA) is 43.9 Å². The number of amides is 4. The number of rotatable bonds is 3. The smallest absolute Gasteiger partial charge is 0.289 e. The SMILES string of the molecule is O=C1N(c2ccccc2)C(=O)N(c2ccccc2)C2(c3ccccc3)C=CCN12. The fraction of sp³-hybridized carbons (Fsp3) is 0.0833. The van der Waals surface area contributed by atoms with Crippen LogP contribution in [0.3, 0.4) is 0 Å². The van der Waals surface area contributed by atoms with Gasteiger partial charge in [0, 0.05) is 17.8 Å². The molecule has 0 bridgehead atoms. The molecule has 142 valence electrons. The summed E-state index contributed by atoms with van der Waals surface area (Å²) in [5.74, 6) is 0. The summed E-state index contributed by atoms with van der Waals surface area (Å²) in [6.07, 6.45) is 3.90. The highest BCUT2D eigenvalue weighted by molar-refractivity contribution is 6.22. The van der Waals surface area contributed by atoms with Gasteiger partial charge in [0.1, 0.15) is 0 Å². The zero-order valence-electron chi connectivity index (χ0n) is 15.7. The van der Waals surface area contributed by atoms with E-state index in [2.05, 4.69) is 0 Å². The molecule has 29 heavy (non-hydrogen) atoms. The maximum atomic E-state index is 13.8. The van der Waals surface area contributed by atoms with Crippen LogP contribution >= 0.6 is 0 Å². The lowest BCUT2D eigenvalue weighted by Gasteiger charge is -2.52. The Morgan fingerprint density at radius 3 is 1.83 bits per heavy atom. The van der Waals surface area contributed by atoms with Crippen molar-refractivity contribution < 1.29 is 9.59 Å². The lowest BCUT2D eigenvalue weighted by Crippen LogP contribution is -2.70. The van der Waals surface area contributed by atoms with Gasteiger partial charge in [0.25, 0.3) is 0 Å². The molecule has 2 heterocycles. The van der Waals surface area contributed by atoms with Crippen molar-refractivity contribution in [3.05, 3.63) is 109 Å². The van der Waals surface area contributed by atoms with E-state index >= 15 is 0 Å². The third-order valence-corrected chi connectivity index (χ3v) is 5.42. The van der Waals surface area contributed by atoms with E-state index in [4.69, 9.17) is 0 Å². The van der Waals surface area contributed by atoms with Gasteiger partial charge in [-0.2, -0.15) is 0 Å². The highest BCUT2D eigenvalue weighted by atomic mass is 16.2. The Kier molecular flexibility index (Phi) is 3.95. The van der Waals surface area contributed by atoms with Crippen molar-refractivity contribution in [3.63, 3.8) is 0 Å². The van der Waals surface area contributed by atoms with Crippen molar-refractivity contribution in [2.45, 2.75) is 5.66 Å². The van der Waals surface area contributed by atoms with Crippen molar-refractivity contribution in [3.8, 4) is 0 Å². The molecule has 2 aliphatic rings. The molecule has 0 saturated carbocycles. The van der Waals surface area contributed by atoms with Crippen LogP contribution in [0.2, 0.25) is 0 Å². The van der Waals surface area contributed by atoms with Gasteiger partial charge in [-0.25, -0.2) is 14.5 Å². The van der Waals surface area contributed by atoms with Gasteiger partial charge < -0.3 is 0 Å². The molecule has 0 aliphatic carbocycles. The normalized spacial score (nSPS) is 20.9. The van der Waals surface area contributed by atoms with E-state index in [0.29, 0.717) is 12.2 Å². The maximum Gasteiger partial charge on any atom is 0.339 e. The Morgan fingerprint density at radius 1 is 0.655 bits per heavy atom. The van der Waals surface area contributed by atoms with Crippen molar-refractivity contribution in [1.29, 1.82) is 0 Å². The summed E-state index contributed by atoms with van der Waals surface area (Å²) in [4.78, 5) is 32.1. The van der Waals surface area contributed by atoms with Crippen LogP contribution in [0.5, 0.6) is 0 Å². The van der Waals surface area contributed by atoms with Gasteiger partial charge in [-0.1, -0.05) is 72.8 Å². The minimum atomic E-state index is -0.998. The number of hydrogen-bond donors (Lipinski definition) is 0. The van der Waals surface area contributed by atoms with E-state index in [1.165, 1.54) is 4.90 Å². The van der Waals surface area contributed by atoms with Gasteiger partial charge in [0.2, 0.25) is 0 Å². The summed E-state index contributed by atoms with van der Waals surface area (Å²) in [5.41, 5.74) is 1.15. The fourth-order valence-corrected chi connectivity index (χ4v) is 4.17. The number of para-hydroxylation sites is 2. The maximum absolute atomic E-state index is 13.8. The minimum Gasteiger partial charge on any atom is -0.289 e. The number of fused-ring (bicyclic) bond motifs is 1. The van der Waals surface area contributed by atoms with Gasteiger partial charge in [-0.3, -0.25) is 9.80 Å². The Labute approximate surface area is 169 Å². The Hall–Kier alpha value is -3.86. The molecule has 5 nitrogen and oxygen atoms in total. The molecule has 3 aromatic carbocycles. The number of urea groups is 2. The highest BCUT2D eigenvalue weighted by Crippen LogP contribution is 2.45. The summed E-state index contributed by atoms with van der Waals surface area (Å²) < 4.78 is 0. The summed E-state index contributed by atoms with van der Waals surface area (Å²) >= 11 is 0. The minimum absolute atomic E-state index is 0.331. The Bertz CT molecular complexity index is 1080. The van der Waals surface area contributed by atoms with Gasteiger partial charge in [0.05, 0.1) is 5.69 Å². The lowest BCUT2D eigenvalue weighted by atomic mass is 9.95. The average molecular weight is 381 g/mol. The first-order valence-corrected chi connectivity index (χ1v) is 9.53. The van der Waals surface area contributed by atoms with E-state index in [1.807, 2.05) is 91.0 Å². The highest BCUT2D eigenvalue weighted by Gasteiger charge is 2.56. The molecular weight excluding hydrogens is 362 g/mol. The van der Waals surface area contributed by atoms with Crippen molar-refractivity contribution in [1.82, 2.24) is 4.90 Å². The number of benzene rings is 3. The average Bonchev–Trinajstić information content (AvgIpc) is 3.22. The van der Waals surface area contributed by atoms with Crippen LogP contribution in [-0.4, -0.2) is 23.5 Å². The van der Waals surface area contributed by atoms with E-state index in [-0.39, 0.29) is 12.1 Å². The number of nitrogens with zero attached hydrogens (tertiary/aromatic N) is 3. The number of imide groups is 1. The van der Waals surface area contributed by atoms with Crippen molar-refractivity contribution in [2.24, 2.45) is 0 Å². The standard InChI is InChI=1S/C24H19N3O2/c28-22-25-18-10-17-24(25,19-11-4-1-5-12-19)27(21-15-8-3-9-16-21)23(29)26(22)20-13-6-2-7-14-20/h1-17H,18H2. The van der Waals surface area contributed by atoms with Crippen LogP contribution in [-0.2, 0) is 5.66 Å². The van der Waals surface area contributed by atoms with Crippen LogP contribution in [0, 0.1) is 0 Å². The van der Waals surface area contributed by atoms with Crippen LogP contribution in [0.25, 0.3) is 0 Å². The molecule has 0 spiro atoms. The number of hydrogen-bond acceptors (Lipinski definition) is 2. The molecule has 4 amide bonds. The number of anilines is 2. The van der Waals surface area contributed by atoms with E-state index in [9.17, 15) is 9.59 Å². The predicted octanol–water partition coefficient (Wildman–Crippen LogP) is 4.98. The zero-order chi connectivity index (χ0) is 19.8. The number of carbonyl (C=O) groups excluding carboxylic acids is 2. The molecule has 0 N–H and O–H groups in total. The van der Waals surface area contributed by atoms with Gasteiger partial charge in [-0.15, -0.1) is 0 Å². The second-order valence-electron chi connectivity index (χ2n) is 7.01.